The molecule has 0 fully saturated rings. The molecule has 0 bridgehead atoms. The molecule has 41 heavy (non-hydrogen) atoms. The summed E-state index contributed by atoms with van der Waals surface area (Å²) < 4.78 is 6.37. The predicted molar refractivity (Wildman–Crippen MR) is 182 cm³/mol. The molecule has 0 saturated carbocycles. The van der Waals surface area contributed by atoms with E-state index in [4.69, 9.17) is 4.98 Å². The number of hydrogen-bond acceptors (Lipinski definition) is 1. The van der Waals surface area contributed by atoms with Crippen molar-refractivity contribution >= 4 is 60.3 Å². The van der Waals surface area contributed by atoms with Gasteiger partial charge in [-0.3, -0.25) is 0 Å². The Hall–Kier alpha value is -2.55. The van der Waals surface area contributed by atoms with Crippen LogP contribution in [0.4, 0.5) is 0 Å². The van der Waals surface area contributed by atoms with Crippen LogP contribution in [0.3, 0.4) is 0 Å². The van der Waals surface area contributed by atoms with Crippen molar-refractivity contribution in [2.24, 2.45) is 0 Å². The second-order valence-corrected chi connectivity index (χ2v) is 42.9. The molecule has 0 radical (unpaired) electrons. The van der Waals surface area contributed by atoms with E-state index in [9.17, 15) is 0 Å². The Labute approximate surface area is 258 Å². The summed E-state index contributed by atoms with van der Waals surface area (Å²) in [6.07, 6.45) is 6.90. The molecule has 206 valence electrons. The second kappa shape index (κ2) is 10.9. The number of nitrogens with zero attached hydrogens (tertiary/aromatic N) is 1. The fraction of sp³-hybridized carbons (Fsp3) is 0.139. The fourth-order valence-electron chi connectivity index (χ4n) is 7.77. The van der Waals surface area contributed by atoms with E-state index in [1.54, 1.807) is 0 Å². The number of pyridine rings is 1. The Balaban J connectivity index is 0.00000169. The predicted octanol–water partition coefficient (Wildman–Crippen LogP) is 9.83. The first-order chi connectivity index (χ1) is 18.8. The van der Waals surface area contributed by atoms with Crippen LogP contribution in [0.2, 0.25) is 9.26 Å². The van der Waals surface area contributed by atoms with Gasteiger partial charge in [0.25, 0.3) is 0 Å². The first kappa shape index (κ1) is 29.9. The van der Waals surface area contributed by atoms with Gasteiger partial charge in [-0.05, 0) is 0 Å². The third kappa shape index (κ3) is 4.76. The SMILES string of the molecule is CC1=Cc2ccccc2[CH]1[Zr]([CH3])([CH3])(=[SiH2])[CH]1C(c2ccccc2)=Cc2c(-c3cccc4cccnc34)cccc21.Cl.Cl. The maximum Gasteiger partial charge on any atom is -0.147 e. The van der Waals surface area contributed by atoms with E-state index in [2.05, 4.69) is 132 Å². The van der Waals surface area contributed by atoms with Crippen LogP contribution in [-0.4, -0.2) is 11.9 Å². The summed E-state index contributed by atoms with van der Waals surface area (Å²) in [7, 11) is 0. The van der Waals surface area contributed by atoms with Crippen molar-refractivity contribution in [3.63, 3.8) is 0 Å². The summed E-state index contributed by atoms with van der Waals surface area (Å²) in [4.78, 5) is 4.83. The van der Waals surface area contributed by atoms with Crippen LogP contribution in [0.5, 0.6) is 0 Å². The molecule has 2 aliphatic carbocycles. The van der Waals surface area contributed by atoms with Gasteiger partial charge in [0.1, 0.15) is 0 Å². The van der Waals surface area contributed by atoms with Crippen molar-refractivity contribution in [1.29, 1.82) is 0 Å². The Kier molecular flexibility index (Phi) is 7.98. The van der Waals surface area contributed by atoms with Gasteiger partial charge in [-0.25, -0.2) is 0 Å². The fourth-order valence-corrected chi connectivity index (χ4v) is 27.7. The molecule has 2 unspecified atom stereocenters. The quantitative estimate of drug-likeness (QED) is 0.173. The minimum absolute atomic E-state index is 0. The number of rotatable bonds is 4. The molecule has 0 N–H and O–H groups in total. The van der Waals surface area contributed by atoms with E-state index in [1.807, 2.05) is 12.3 Å². The van der Waals surface area contributed by atoms with E-state index in [1.165, 1.54) is 55.5 Å². The topological polar surface area (TPSA) is 12.9 Å². The van der Waals surface area contributed by atoms with E-state index >= 15 is 0 Å². The van der Waals surface area contributed by atoms with Gasteiger partial charge >= 0.3 is 235 Å². The number of fused-ring (bicyclic) bond motifs is 3. The minimum Gasteiger partial charge on any atom is -0.147 e. The van der Waals surface area contributed by atoms with Crippen LogP contribution in [0.15, 0.2) is 115 Å². The summed E-state index contributed by atoms with van der Waals surface area (Å²) in [5, 5.41) is 1.19. The van der Waals surface area contributed by atoms with Crippen LogP contribution in [0, 0.1) is 0 Å². The molecule has 5 heteroatoms. The zero-order valence-corrected chi connectivity index (χ0v) is 29.2. The normalized spacial score (nSPS) is 17.6. The third-order valence-corrected chi connectivity index (χ3v) is 26.7. The number of para-hydroxylation sites is 1. The third-order valence-electron chi connectivity index (χ3n) is 9.13. The van der Waals surface area contributed by atoms with E-state index < -0.39 is 17.4 Å². The van der Waals surface area contributed by atoms with Crippen LogP contribution in [0.1, 0.15) is 42.0 Å². The maximum atomic E-state index is 4.83. The molecule has 0 spiro atoms. The smallest absolute Gasteiger partial charge is 0.147 e. The second-order valence-electron chi connectivity index (χ2n) is 12.5. The van der Waals surface area contributed by atoms with E-state index in [-0.39, 0.29) is 24.8 Å². The Morgan fingerprint density at radius 3 is 2.12 bits per heavy atom. The molecule has 1 nitrogen and oxygen atoms in total. The molecule has 0 amide bonds. The molecular weight excluding hydrogens is 637 g/mol. The Morgan fingerprint density at radius 1 is 0.659 bits per heavy atom. The standard InChI is InChI=1S/C24H16N.C10H9.2CH3.2ClH.H2Si.Zr/c1-2-7-17(8-3-1)20-15-19-10-5-12-21(23(19)16-20)22-13-4-9-18-11-6-14-25-24(18)22;1-8-6-9-4-2-3-5-10(9)7-8;;;;;;/h1-16H;2-7H,1H3;2*1H3;2*1H;1H2;. The number of aromatic nitrogens is 1. The molecule has 2 aliphatic rings. The molecule has 0 aliphatic heterocycles. The van der Waals surface area contributed by atoms with Crippen molar-refractivity contribution in [3.8, 4) is 11.1 Å². The van der Waals surface area contributed by atoms with Gasteiger partial charge in [-0.1, -0.05) is 0 Å². The molecular formula is C36H35Cl2NSiZr. The van der Waals surface area contributed by atoms with Crippen LogP contribution < -0.4 is 0 Å². The number of allylic oxidation sites excluding steroid dienone is 2. The van der Waals surface area contributed by atoms with Crippen LogP contribution in [-0.2, 0) is 17.4 Å². The van der Waals surface area contributed by atoms with Crippen molar-refractivity contribution in [3.05, 3.63) is 143 Å². The van der Waals surface area contributed by atoms with Gasteiger partial charge in [0.05, 0.1) is 0 Å². The van der Waals surface area contributed by atoms with Crippen molar-refractivity contribution in [2.45, 2.75) is 23.4 Å². The average Bonchev–Trinajstić information content (AvgIpc) is 3.52. The van der Waals surface area contributed by atoms with Gasteiger partial charge in [0.2, 0.25) is 0 Å². The van der Waals surface area contributed by atoms with Crippen LogP contribution in [0.25, 0.3) is 39.8 Å². The Bertz CT molecular complexity index is 1910. The number of hydrogen-bond donors (Lipinski definition) is 0. The summed E-state index contributed by atoms with van der Waals surface area (Å²) >= 11 is -3.64. The maximum absolute atomic E-state index is 4.83. The van der Waals surface area contributed by atoms with E-state index in [0.717, 1.165) is 5.52 Å². The molecule has 0 saturated heterocycles. The molecule has 1 aromatic heterocycles. The van der Waals surface area contributed by atoms with Crippen molar-refractivity contribution in [1.82, 2.24) is 4.98 Å². The zero-order chi connectivity index (χ0) is 26.8. The Morgan fingerprint density at radius 2 is 1.32 bits per heavy atom. The van der Waals surface area contributed by atoms with Crippen molar-refractivity contribution < 1.29 is 17.4 Å². The van der Waals surface area contributed by atoms with Crippen molar-refractivity contribution in [2.75, 3.05) is 0 Å². The first-order valence-corrected chi connectivity index (χ1v) is 27.6. The zero-order valence-electron chi connectivity index (χ0n) is 23.7. The number of halogens is 2. The largest absolute Gasteiger partial charge is 0.147 e. The summed E-state index contributed by atoms with van der Waals surface area (Å²) in [5.41, 5.74) is 13.8. The summed E-state index contributed by atoms with van der Waals surface area (Å²) in [5.74, 6) is 0. The number of benzene rings is 4. The molecule has 4 aromatic carbocycles. The first-order valence-electron chi connectivity index (χ1n) is 13.9. The molecule has 7 rings (SSSR count). The molecule has 2 atom stereocenters. The van der Waals surface area contributed by atoms with Crippen LogP contribution >= 0.6 is 24.8 Å². The van der Waals surface area contributed by atoms with Gasteiger partial charge < -0.3 is 0 Å². The van der Waals surface area contributed by atoms with Gasteiger partial charge in [0, 0.05) is 0 Å². The molecule has 5 aromatic rings. The minimum atomic E-state index is -3.64. The summed E-state index contributed by atoms with van der Waals surface area (Å²) in [6.45, 7) is 4.78. The van der Waals surface area contributed by atoms with Gasteiger partial charge in [-0.15, -0.1) is 24.8 Å². The average molecular weight is 672 g/mol. The monoisotopic (exact) mass is 669 g/mol. The summed E-state index contributed by atoms with van der Waals surface area (Å²) in [6, 6.07) is 38.0. The van der Waals surface area contributed by atoms with Gasteiger partial charge in [-0.2, -0.15) is 0 Å². The van der Waals surface area contributed by atoms with E-state index in [0.29, 0.717) is 7.25 Å². The van der Waals surface area contributed by atoms with Gasteiger partial charge in [0.15, 0.2) is 0 Å². The molecule has 1 heterocycles.